The third-order valence-corrected chi connectivity index (χ3v) is 5.46. The molecule has 1 aliphatic heterocycles. The van der Waals surface area contributed by atoms with Gasteiger partial charge in [0.25, 0.3) is 0 Å². The van der Waals surface area contributed by atoms with Crippen LogP contribution in [0.4, 0.5) is 0 Å². The highest BCUT2D eigenvalue weighted by atomic mass is 32.2. The third-order valence-electron chi connectivity index (χ3n) is 3.85. The Morgan fingerprint density at radius 1 is 1.27 bits per heavy atom. The highest BCUT2D eigenvalue weighted by molar-refractivity contribution is 8.00. The van der Waals surface area contributed by atoms with Crippen molar-refractivity contribution in [3.63, 3.8) is 0 Å². The predicted molar refractivity (Wildman–Crippen MR) is 71.6 cm³/mol. The van der Waals surface area contributed by atoms with Crippen molar-refractivity contribution < 1.29 is 0 Å². The van der Waals surface area contributed by atoms with Gasteiger partial charge < -0.3 is 5.32 Å². The van der Waals surface area contributed by atoms with E-state index in [0.29, 0.717) is 10.8 Å². The number of nitrogens with one attached hydrogen (secondary N) is 1. The Kier molecular flexibility index (Phi) is 5.48. The monoisotopic (exact) mass is 229 g/mol. The lowest BCUT2D eigenvalue weighted by Crippen LogP contribution is -2.49. The van der Waals surface area contributed by atoms with Gasteiger partial charge in [-0.25, -0.2) is 0 Å². The Balaban J connectivity index is 2.70. The van der Waals surface area contributed by atoms with Crippen LogP contribution in [0.5, 0.6) is 0 Å². The van der Waals surface area contributed by atoms with Crippen molar-refractivity contribution in [2.45, 2.75) is 64.2 Å². The summed E-state index contributed by atoms with van der Waals surface area (Å²) < 4.78 is 0.493. The van der Waals surface area contributed by atoms with Crippen molar-refractivity contribution in [1.82, 2.24) is 5.32 Å². The Hall–Kier alpha value is 0.310. The van der Waals surface area contributed by atoms with Gasteiger partial charge in [0, 0.05) is 10.8 Å². The molecule has 0 saturated carbocycles. The van der Waals surface area contributed by atoms with Gasteiger partial charge in [0.1, 0.15) is 0 Å². The zero-order valence-electron chi connectivity index (χ0n) is 10.8. The summed E-state index contributed by atoms with van der Waals surface area (Å²) in [4.78, 5) is 0. The zero-order chi connectivity index (χ0) is 11.3. The van der Waals surface area contributed by atoms with Crippen LogP contribution in [0.1, 0.15) is 53.4 Å². The van der Waals surface area contributed by atoms with Crippen LogP contribution in [-0.2, 0) is 0 Å². The molecule has 0 aromatic rings. The minimum atomic E-state index is 0.493. The van der Waals surface area contributed by atoms with E-state index >= 15 is 0 Å². The molecule has 1 nitrogen and oxygen atoms in total. The van der Waals surface area contributed by atoms with Gasteiger partial charge in [-0.15, -0.1) is 0 Å². The maximum Gasteiger partial charge on any atom is 0.0287 e. The summed E-state index contributed by atoms with van der Waals surface area (Å²) in [6, 6.07) is 0.713. The van der Waals surface area contributed by atoms with Gasteiger partial charge >= 0.3 is 0 Å². The van der Waals surface area contributed by atoms with Crippen LogP contribution in [0, 0.1) is 5.92 Å². The molecule has 1 fully saturated rings. The van der Waals surface area contributed by atoms with Gasteiger partial charge in [-0.2, -0.15) is 11.8 Å². The smallest absolute Gasteiger partial charge is 0.0287 e. The maximum atomic E-state index is 3.75. The van der Waals surface area contributed by atoms with Crippen LogP contribution in [0.25, 0.3) is 0 Å². The quantitative estimate of drug-likeness (QED) is 0.745. The van der Waals surface area contributed by atoms with Crippen molar-refractivity contribution in [3.05, 3.63) is 0 Å². The van der Waals surface area contributed by atoms with Crippen molar-refractivity contribution in [1.29, 1.82) is 0 Å². The molecule has 0 amide bonds. The second kappa shape index (κ2) is 6.15. The highest BCUT2D eigenvalue weighted by Crippen LogP contribution is 2.43. The molecule has 2 unspecified atom stereocenters. The lowest BCUT2D eigenvalue weighted by Gasteiger charge is -2.39. The minimum Gasteiger partial charge on any atom is -0.313 e. The maximum absolute atomic E-state index is 3.75. The highest BCUT2D eigenvalue weighted by Gasteiger charge is 2.40. The number of rotatable bonds is 6. The molecule has 90 valence electrons. The van der Waals surface area contributed by atoms with Crippen molar-refractivity contribution in [3.8, 4) is 0 Å². The molecule has 0 bridgehead atoms. The fraction of sp³-hybridized carbons (Fsp3) is 1.00. The van der Waals surface area contributed by atoms with E-state index in [9.17, 15) is 0 Å². The minimum absolute atomic E-state index is 0.493. The van der Waals surface area contributed by atoms with Crippen LogP contribution in [-0.4, -0.2) is 23.1 Å². The number of hydrogen-bond donors (Lipinski definition) is 1. The topological polar surface area (TPSA) is 12.0 Å². The summed E-state index contributed by atoms with van der Waals surface area (Å²) >= 11 is 2.19. The van der Waals surface area contributed by atoms with Crippen LogP contribution in [0.3, 0.4) is 0 Å². The molecule has 2 heteroatoms. The van der Waals surface area contributed by atoms with E-state index < -0.39 is 0 Å². The van der Waals surface area contributed by atoms with Crippen molar-refractivity contribution in [2.75, 3.05) is 12.3 Å². The SMILES string of the molecule is CCNC(C(CC)CC)C1(C)CCCS1. The summed E-state index contributed by atoms with van der Waals surface area (Å²) in [5.74, 6) is 2.21. The molecule has 0 aromatic heterocycles. The van der Waals surface area contributed by atoms with E-state index in [4.69, 9.17) is 0 Å². The standard InChI is InChI=1S/C13H27NS/c1-5-11(6-2)12(14-7-3)13(4)9-8-10-15-13/h11-12,14H,5-10H2,1-4H3. The average molecular weight is 229 g/mol. The molecule has 0 spiro atoms. The van der Waals surface area contributed by atoms with E-state index in [2.05, 4.69) is 44.8 Å². The fourth-order valence-corrected chi connectivity index (χ4v) is 4.41. The lowest BCUT2D eigenvalue weighted by molar-refractivity contribution is 0.278. The molecule has 1 saturated heterocycles. The Bertz CT molecular complexity index is 171. The Morgan fingerprint density at radius 2 is 1.93 bits per heavy atom. The molecule has 1 N–H and O–H groups in total. The van der Waals surface area contributed by atoms with Crippen molar-refractivity contribution >= 4 is 11.8 Å². The molecule has 15 heavy (non-hydrogen) atoms. The second-order valence-corrected chi connectivity index (χ2v) is 6.51. The van der Waals surface area contributed by atoms with Crippen molar-refractivity contribution in [2.24, 2.45) is 5.92 Å². The van der Waals surface area contributed by atoms with Gasteiger partial charge in [-0.05, 0) is 38.0 Å². The zero-order valence-corrected chi connectivity index (χ0v) is 11.6. The summed E-state index contributed by atoms with van der Waals surface area (Å²) in [5.41, 5.74) is 0. The first-order valence-corrected chi connectivity index (χ1v) is 7.53. The molecule has 0 radical (unpaired) electrons. The van der Waals surface area contributed by atoms with E-state index in [1.807, 2.05) is 0 Å². The second-order valence-electron chi connectivity index (χ2n) is 4.88. The summed E-state index contributed by atoms with van der Waals surface area (Å²) in [5, 5.41) is 3.75. The van der Waals surface area contributed by atoms with E-state index in [-0.39, 0.29) is 0 Å². The van der Waals surface area contributed by atoms with E-state index in [0.717, 1.165) is 12.5 Å². The molecular weight excluding hydrogens is 202 g/mol. The van der Waals surface area contributed by atoms with Gasteiger partial charge in [-0.3, -0.25) is 0 Å². The first kappa shape index (κ1) is 13.4. The lowest BCUT2D eigenvalue weighted by atomic mass is 9.83. The third kappa shape index (κ3) is 3.13. The van der Waals surface area contributed by atoms with Gasteiger partial charge in [0.15, 0.2) is 0 Å². The van der Waals surface area contributed by atoms with Crippen LogP contribution < -0.4 is 5.32 Å². The van der Waals surface area contributed by atoms with Crippen LogP contribution in [0.2, 0.25) is 0 Å². The van der Waals surface area contributed by atoms with E-state index in [1.165, 1.54) is 31.4 Å². The average Bonchev–Trinajstić information content (AvgIpc) is 2.67. The Labute approximate surface area is 99.8 Å². The summed E-state index contributed by atoms with van der Waals surface area (Å²) in [6.07, 6.45) is 5.42. The summed E-state index contributed by atoms with van der Waals surface area (Å²) in [6.45, 7) is 10.5. The molecule has 0 aromatic carbocycles. The number of thioether (sulfide) groups is 1. The van der Waals surface area contributed by atoms with Gasteiger partial charge in [0.05, 0.1) is 0 Å². The van der Waals surface area contributed by atoms with E-state index in [1.54, 1.807) is 0 Å². The predicted octanol–water partition coefficient (Wildman–Crippen LogP) is 3.69. The Morgan fingerprint density at radius 3 is 2.33 bits per heavy atom. The molecule has 2 atom stereocenters. The molecule has 1 rings (SSSR count). The molecule has 0 aliphatic carbocycles. The first-order valence-electron chi connectivity index (χ1n) is 6.55. The first-order chi connectivity index (χ1) is 7.18. The largest absolute Gasteiger partial charge is 0.313 e. The normalized spacial score (nSPS) is 28.6. The molecular formula is C13H27NS. The van der Waals surface area contributed by atoms with Gasteiger partial charge in [0.2, 0.25) is 0 Å². The van der Waals surface area contributed by atoms with Crippen LogP contribution in [0.15, 0.2) is 0 Å². The van der Waals surface area contributed by atoms with Gasteiger partial charge in [-0.1, -0.05) is 33.6 Å². The molecule has 1 heterocycles. The van der Waals surface area contributed by atoms with Crippen LogP contribution >= 0.6 is 11.8 Å². The summed E-state index contributed by atoms with van der Waals surface area (Å²) in [7, 11) is 0. The fourth-order valence-electron chi connectivity index (χ4n) is 2.91. The number of hydrogen-bond acceptors (Lipinski definition) is 2. The molecule has 1 aliphatic rings.